The van der Waals surface area contributed by atoms with Crippen molar-refractivity contribution in [3.8, 4) is 6.07 Å². The Morgan fingerprint density at radius 2 is 2.20 bits per heavy atom. The maximum atomic E-state index is 12.2. The summed E-state index contributed by atoms with van der Waals surface area (Å²) >= 11 is 5.71. The molecule has 0 aliphatic heterocycles. The van der Waals surface area contributed by atoms with Crippen LogP contribution in [0, 0.1) is 11.3 Å². The van der Waals surface area contributed by atoms with E-state index in [1.807, 2.05) is 6.07 Å². The van der Waals surface area contributed by atoms with Crippen LogP contribution in [0.15, 0.2) is 41.6 Å². The molecule has 0 radical (unpaired) electrons. The first-order valence-electron chi connectivity index (χ1n) is 5.86. The Balaban J connectivity index is 2.17. The molecule has 0 aliphatic rings. The Kier molecular flexibility index (Phi) is 4.42. The van der Waals surface area contributed by atoms with E-state index in [2.05, 4.69) is 4.98 Å². The number of nitriles is 1. The second kappa shape index (κ2) is 6.07. The van der Waals surface area contributed by atoms with Crippen molar-refractivity contribution in [3.63, 3.8) is 0 Å². The number of sulfone groups is 1. The summed E-state index contributed by atoms with van der Waals surface area (Å²) in [5.41, 5.74) is 0.329. The summed E-state index contributed by atoms with van der Waals surface area (Å²) in [5, 5.41) is 8.80. The number of aryl methyl sites for hydroxylation is 1. The van der Waals surface area contributed by atoms with E-state index >= 15 is 0 Å². The van der Waals surface area contributed by atoms with E-state index in [0.29, 0.717) is 11.4 Å². The number of alkyl halides is 1. The van der Waals surface area contributed by atoms with Crippen LogP contribution < -0.4 is 0 Å². The molecule has 0 saturated carbocycles. The minimum absolute atomic E-state index is 0.0673. The molecule has 1 aromatic heterocycles. The van der Waals surface area contributed by atoms with Gasteiger partial charge in [-0.05, 0) is 18.2 Å². The fourth-order valence-corrected chi connectivity index (χ4v) is 3.26. The molecule has 0 unspecified atom stereocenters. The minimum atomic E-state index is -3.44. The number of halogens is 1. The van der Waals surface area contributed by atoms with Gasteiger partial charge in [-0.25, -0.2) is 13.4 Å². The molecule has 0 N–H and O–H groups in total. The van der Waals surface area contributed by atoms with Crippen LogP contribution in [-0.4, -0.2) is 23.7 Å². The molecular formula is C13H12ClN3O2S. The zero-order valence-corrected chi connectivity index (χ0v) is 12.1. The number of aromatic nitrogens is 2. The number of imidazole rings is 1. The van der Waals surface area contributed by atoms with Gasteiger partial charge in [-0.15, -0.1) is 11.6 Å². The number of rotatable bonds is 5. The fraction of sp³-hybridized carbons (Fsp3) is 0.231. The van der Waals surface area contributed by atoms with Crippen LogP contribution in [0.25, 0.3) is 0 Å². The number of hydrogen-bond donors (Lipinski definition) is 0. The van der Waals surface area contributed by atoms with Crippen LogP contribution in [-0.2, 0) is 22.3 Å². The van der Waals surface area contributed by atoms with E-state index in [1.54, 1.807) is 29.1 Å². The third kappa shape index (κ3) is 3.18. The molecule has 2 aromatic rings. The van der Waals surface area contributed by atoms with Crippen LogP contribution >= 0.6 is 11.6 Å². The lowest BCUT2D eigenvalue weighted by Crippen LogP contribution is -2.14. The molecule has 20 heavy (non-hydrogen) atoms. The van der Waals surface area contributed by atoms with Crippen molar-refractivity contribution in [2.24, 2.45) is 0 Å². The Hall–Kier alpha value is -1.84. The molecule has 0 bridgehead atoms. The monoisotopic (exact) mass is 309 g/mol. The van der Waals surface area contributed by atoms with E-state index in [0.717, 1.165) is 0 Å². The van der Waals surface area contributed by atoms with Gasteiger partial charge in [-0.2, -0.15) is 5.26 Å². The lowest BCUT2D eigenvalue weighted by molar-refractivity contribution is 0.587. The van der Waals surface area contributed by atoms with Crippen molar-refractivity contribution in [2.45, 2.75) is 17.3 Å². The zero-order valence-electron chi connectivity index (χ0n) is 10.5. The van der Waals surface area contributed by atoms with E-state index in [1.165, 1.54) is 12.1 Å². The Morgan fingerprint density at radius 3 is 2.90 bits per heavy atom. The third-order valence-corrected chi connectivity index (χ3v) is 4.78. The van der Waals surface area contributed by atoms with Gasteiger partial charge >= 0.3 is 0 Å². The van der Waals surface area contributed by atoms with Gasteiger partial charge in [0.2, 0.25) is 0 Å². The molecule has 104 valence electrons. The van der Waals surface area contributed by atoms with Crippen molar-refractivity contribution < 1.29 is 8.42 Å². The highest BCUT2D eigenvalue weighted by Crippen LogP contribution is 2.14. The summed E-state index contributed by atoms with van der Waals surface area (Å²) in [7, 11) is -3.44. The SMILES string of the molecule is N#Cc1cccc(S(=O)(=O)CCn2ccnc2CCl)c1. The maximum absolute atomic E-state index is 12.2. The Morgan fingerprint density at radius 1 is 1.40 bits per heavy atom. The first-order chi connectivity index (χ1) is 9.56. The minimum Gasteiger partial charge on any atom is -0.333 e. The predicted octanol–water partition coefficient (Wildman–Crippen LogP) is 1.97. The average Bonchev–Trinajstić information content (AvgIpc) is 2.93. The molecule has 1 aromatic carbocycles. The summed E-state index contributed by atoms with van der Waals surface area (Å²) in [6.07, 6.45) is 3.28. The number of benzene rings is 1. The first-order valence-corrected chi connectivity index (χ1v) is 8.04. The maximum Gasteiger partial charge on any atom is 0.180 e. The third-order valence-electron chi connectivity index (χ3n) is 2.84. The Labute approximate surface area is 122 Å². The molecule has 7 heteroatoms. The smallest absolute Gasteiger partial charge is 0.180 e. The molecule has 0 aliphatic carbocycles. The van der Waals surface area contributed by atoms with Gasteiger partial charge in [-0.1, -0.05) is 6.07 Å². The quantitative estimate of drug-likeness (QED) is 0.791. The zero-order chi connectivity index (χ0) is 14.6. The normalized spacial score (nSPS) is 11.2. The summed E-state index contributed by atoms with van der Waals surface area (Å²) in [4.78, 5) is 4.19. The molecular weight excluding hydrogens is 298 g/mol. The molecule has 1 heterocycles. The molecule has 0 atom stereocenters. The van der Waals surface area contributed by atoms with Gasteiger partial charge in [0.25, 0.3) is 0 Å². The average molecular weight is 310 g/mol. The molecule has 2 rings (SSSR count). The van der Waals surface area contributed by atoms with Crippen LogP contribution in [0.5, 0.6) is 0 Å². The summed E-state index contributed by atoms with van der Waals surface area (Å²) in [6.45, 7) is 0.279. The lowest BCUT2D eigenvalue weighted by Gasteiger charge is -2.07. The standard InChI is InChI=1S/C13H12ClN3O2S/c14-9-13-16-4-5-17(13)6-7-20(18,19)12-3-1-2-11(8-12)10-15/h1-5,8H,6-7,9H2. The van der Waals surface area contributed by atoms with E-state index in [4.69, 9.17) is 16.9 Å². The van der Waals surface area contributed by atoms with Crippen LogP contribution in [0.2, 0.25) is 0 Å². The molecule has 0 fully saturated rings. The van der Waals surface area contributed by atoms with Gasteiger partial charge < -0.3 is 4.57 Å². The molecule has 5 nitrogen and oxygen atoms in total. The summed E-state index contributed by atoms with van der Waals surface area (Å²) in [6, 6.07) is 7.94. The largest absolute Gasteiger partial charge is 0.333 e. The van der Waals surface area contributed by atoms with E-state index < -0.39 is 9.84 Å². The van der Waals surface area contributed by atoms with E-state index in [9.17, 15) is 8.42 Å². The molecule has 0 spiro atoms. The Bertz CT molecular complexity index is 747. The van der Waals surface area contributed by atoms with Crippen molar-refractivity contribution in [3.05, 3.63) is 48.0 Å². The summed E-state index contributed by atoms with van der Waals surface area (Å²) in [5.74, 6) is 0.798. The lowest BCUT2D eigenvalue weighted by atomic mass is 10.2. The predicted molar refractivity (Wildman–Crippen MR) is 75.0 cm³/mol. The van der Waals surface area contributed by atoms with Gasteiger partial charge in [0.05, 0.1) is 28.2 Å². The second-order valence-electron chi connectivity index (χ2n) is 4.13. The topological polar surface area (TPSA) is 75.8 Å². The summed E-state index contributed by atoms with van der Waals surface area (Å²) < 4.78 is 26.1. The van der Waals surface area contributed by atoms with E-state index in [-0.39, 0.29) is 23.1 Å². The van der Waals surface area contributed by atoms with Gasteiger partial charge in [0.1, 0.15) is 5.82 Å². The highest BCUT2D eigenvalue weighted by atomic mass is 35.5. The van der Waals surface area contributed by atoms with Crippen LogP contribution in [0.1, 0.15) is 11.4 Å². The molecule has 0 saturated heterocycles. The molecule has 0 amide bonds. The highest BCUT2D eigenvalue weighted by Gasteiger charge is 2.15. The number of nitrogens with zero attached hydrogens (tertiary/aromatic N) is 3. The van der Waals surface area contributed by atoms with Crippen molar-refractivity contribution in [2.75, 3.05) is 5.75 Å². The van der Waals surface area contributed by atoms with Crippen molar-refractivity contribution in [1.29, 1.82) is 5.26 Å². The highest BCUT2D eigenvalue weighted by molar-refractivity contribution is 7.91. The van der Waals surface area contributed by atoms with Crippen LogP contribution in [0.4, 0.5) is 0 Å². The fourth-order valence-electron chi connectivity index (χ4n) is 1.77. The first kappa shape index (κ1) is 14.6. The second-order valence-corrected chi connectivity index (χ2v) is 6.51. The van der Waals surface area contributed by atoms with Gasteiger partial charge in [0, 0.05) is 18.9 Å². The van der Waals surface area contributed by atoms with Gasteiger partial charge in [0.15, 0.2) is 9.84 Å². The van der Waals surface area contributed by atoms with Crippen LogP contribution in [0.3, 0.4) is 0 Å². The van der Waals surface area contributed by atoms with Gasteiger partial charge in [-0.3, -0.25) is 0 Å². The van der Waals surface area contributed by atoms with Crippen molar-refractivity contribution >= 4 is 21.4 Å². The van der Waals surface area contributed by atoms with Crippen molar-refractivity contribution in [1.82, 2.24) is 9.55 Å². The number of hydrogen-bond acceptors (Lipinski definition) is 4.